The van der Waals surface area contributed by atoms with E-state index in [9.17, 15) is 0 Å². The van der Waals surface area contributed by atoms with Crippen LogP contribution in [0.1, 0.15) is 49.9 Å². The molecule has 9 aromatic rings. The zero-order chi connectivity index (χ0) is 37.1. The van der Waals surface area contributed by atoms with Gasteiger partial charge in [0, 0.05) is 16.1 Å². The Balaban J connectivity index is 1.32. The van der Waals surface area contributed by atoms with E-state index in [0.717, 1.165) is 0 Å². The predicted molar refractivity (Wildman–Crippen MR) is 238 cm³/mol. The van der Waals surface area contributed by atoms with Gasteiger partial charge in [0.2, 0.25) is 0 Å². The van der Waals surface area contributed by atoms with E-state index in [1.807, 2.05) is 0 Å². The van der Waals surface area contributed by atoms with Gasteiger partial charge in [0.25, 0.3) is 0 Å². The lowest BCUT2D eigenvalue weighted by atomic mass is 9.77. The minimum absolute atomic E-state index is 0.0935. The molecule has 0 saturated heterocycles. The maximum absolute atomic E-state index is 2.58. The van der Waals surface area contributed by atoms with E-state index in [1.165, 1.54) is 104 Å². The molecule has 0 spiro atoms. The van der Waals surface area contributed by atoms with Gasteiger partial charge in [-0.3, -0.25) is 0 Å². The smallest absolute Gasteiger partial charge is 0.0159 e. The van der Waals surface area contributed by atoms with E-state index in [1.54, 1.807) is 0 Å². The number of fused-ring (bicyclic) bond motifs is 11. The molecule has 0 nitrogen and oxygen atoms in total. The summed E-state index contributed by atoms with van der Waals surface area (Å²) in [5.74, 6) is 0. The Bertz CT molecular complexity index is 2910. The molecular weight excluding hydrogens is 680 g/mol. The molecule has 1 heteroatoms. The first-order chi connectivity index (χ1) is 26.9. The quantitative estimate of drug-likeness (QED) is 0.125. The van der Waals surface area contributed by atoms with Crippen LogP contribution in [0, 0.1) is 0 Å². The lowest BCUT2D eigenvalue weighted by molar-refractivity contribution is 0.660. The van der Waals surface area contributed by atoms with Crippen LogP contribution >= 0.6 is 7.92 Å². The van der Waals surface area contributed by atoms with E-state index in [4.69, 9.17) is 0 Å². The van der Waals surface area contributed by atoms with Crippen LogP contribution in [0.3, 0.4) is 0 Å². The van der Waals surface area contributed by atoms with Gasteiger partial charge in [-0.1, -0.05) is 198 Å². The number of hydrogen-bond donors (Lipinski definition) is 0. The summed E-state index contributed by atoms with van der Waals surface area (Å²) in [6.45, 7) is 9.67. The molecule has 0 radical (unpaired) electrons. The summed E-state index contributed by atoms with van der Waals surface area (Å²) in [6, 6.07) is 66.6. The minimum Gasteiger partial charge on any atom is -0.0622 e. The predicted octanol–water partition coefficient (Wildman–Crippen LogP) is 13.2. The third-order valence-electron chi connectivity index (χ3n) is 12.8. The van der Waals surface area contributed by atoms with Gasteiger partial charge in [-0.15, -0.1) is 0 Å². The number of benzene rings is 9. The molecule has 0 N–H and O–H groups in total. The molecule has 11 rings (SSSR count). The zero-order valence-corrected chi connectivity index (χ0v) is 32.6. The lowest BCUT2D eigenvalue weighted by Gasteiger charge is -2.27. The molecule has 9 aromatic carbocycles. The first kappa shape index (κ1) is 32.6. The summed E-state index contributed by atoms with van der Waals surface area (Å²) < 4.78 is 0. The molecular formula is C54H41P. The molecule has 0 unspecified atom stereocenters. The van der Waals surface area contributed by atoms with Crippen LogP contribution in [-0.2, 0) is 10.8 Å². The van der Waals surface area contributed by atoms with Crippen molar-refractivity contribution in [3.05, 3.63) is 198 Å². The second-order valence-corrected chi connectivity index (χ2v) is 18.6. The summed E-state index contributed by atoms with van der Waals surface area (Å²) >= 11 is 0. The second kappa shape index (κ2) is 11.8. The molecule has 262 valence electrons. The van der Waals surface area contributed by atoms with Gasteiger partial charge in [0.1, 0.15) is 0 Å². The van der Waals surface area contributed by atoms with Crippen molar-refractivity contribution in [2.75, 3.05) is 0 Å². The van der Waals surface area contributed by atoms with Crippen LogP contribution in [0.2, 0.25) is 0 Å². The van der Waals surface area contributed by atoms with Gasteiger partial charge >= 0.3 is 0 Å². The van der Waals surface area contributed by atoms with Crippen molar-refractivity contribution in [2.24, 2.45) is 0 Å². The molecule has 2 aliphatic rings. The van der Waals surface area contributed by atoms with E-state index in [0.29, 0.717) is 0 Å². The first-order valence-corrected chi connectivity index (χ1v) is 20.9. The summed E-state index contributed by atoms with van der Waals surface area (Å²) in [4.78, 5) is 0. The van der Waals surface area contributed by atoms with Crippen LogP contribution in [0.15, 0.2) is 176 Å². The van der Waals surface area contributed by atoms with Crippen molar-refractivity contribution in [1.29, 1.82) is 0 Å². The van der Waals surface area contributed by atoms with Gasteiger partial charge in [-0.2, -0.15) is 0 Å². The molecule has 0 bridgehead atoms. The third kappa shape index (κ3) is 4.50. The Morgan fingerprint density at radius 2 is 0.764 bits per heavy atom. The third-order valence-corrected chi connectivity index (χ3v) is 15.4. The summed E-state index contributed by atoms with van der Waals surface area (Å²) in [7, 11) is -0.857. The fourth-order valence-electron chi connectivity index (χ4n) is 10.3. The van der Waals surface area contributed by atoms with Crippen molar-refractivity contribution in [3.8, 4) is 33.4 Å². The van der Waals surface area contributed by atoms with Crippen molar-refractivity contribution in [3.63, 3.8) is 0 Å². The van der Waals surface area contributed by atoms with Crippen LogP contribution in [0.25, 0.3) is 65.7 Å². The van der Waals surface area contributed by atoms with Gasteiger partial charge in [0.05, 0.1) is 0 Å². The minimum atomic E-state index is -0.857. The van der Waals surface area contributed by atoms with Crippen LogP contribution in [0.5, 0.6) is 0 Å². The van der Waals surface area contributed by atoms with Crippen LogP contribution in [-0.4, -0.2) is 0 Å². The van der Waals surface area contributed by atoms with Crippen LogP contribution < -0.4 is 15.9 Å². The fourth-order valence-corrected chi connectivity index (χ4v) is 12.9. The zero-order valence-electron chi connectivity index (χ0n) is 31.7. The molecule has 0 aromatic heterocycles. The molecule has 0 amide bonds. The van der Waals surface area contributed by atoms with Crippen molar-refractivity contribution < 1.29 is 0 Å². The maximum Gasteiger partial charge on any atom is 0.0159 e. The van der Waals surface area contributed by atoms with Crippen molar-refractivity contribution >= 4 is 56.2 Å². The highest BCUT2D eigenvalue weighted by Gasteiger charge is 2.42. The van der Waals surface area contributed by atoms with Crippen molar-refractivity contribution in [2.45, 2.75) is 38.5 Å². The van der Waals surface area contributed by atoms with E-state index >= 15 is 0 Å². The van der Waals surface area contributed by atoms with E-state index in [2.05, 4.69) is 204 Å². The molecule has 55 heavy (non-hydrogen) atoms. The summed E-state index contributed by atoms with van der Waals surface area (Å²) in [5.41, 5.74) is 13.6. The van der Waals surface area contributed by atoms with E-state index < -0.39 is 7.92 Å². The Morgan fingerprint density at radius 1 is 0.327 bits per heavy atom. The second-order valence-electron chi connectivity index (χ2n) is 16.4. The Morgan fingerprint density at radius 3 is 1.31 bits per heavy atom. The number of hydrogen-bond acceptors (Lipinski definition) is 0. The summed E-state index contributed by atoms with van der Waals surface area (Å²) in [6.07, 6.45) is 0. The summed E-state index contributed by atoms with van der Waals surface area (Å²) in [5, 5.41) is 12.2. The Labute approximate surface area is 324 Å². The molecule has 0 fully saturated rings. The largest absolute Gasteiger partial charge is 0.0622 e. The first-order valence-electron chi connectivity index (χ1n) is 19.5. The monoisotopic (exact) mass is 720 g/mol. The topological polar surface area (TPSA) is 0 Å². The average Bonchev–Trinajstić information content (AvgIpc) is 3.61. The Kier molecular flexibility index (Phi) is 7.02. The normalized spacial score (nSPS) is 14.6. The SMILES string of the molecule is CC1(C)c2ccccc2-c2c1ccc1c(-c3c4ccccc4c(P(c4ccccc4)c4ccccc4)c4ccccc34)cc3c(c21)-c1ccccc1C3(C)C. The lowest BCUT2D eigenvalue weighted by Crippen LogP contribution is -2.22. The van der Waals surface area contributed by atoms with Gasteiger partial charge in [-0.05, 0) is 113 Å². The molecule has 2 aliphatic carbocycles. The van der Waals surface area contributed by atoms with Crippen LogP contribution in [0.4, 0.5) is 0 Å². The highest BCUT2D eigenvalue weighted by atomic mass is 31.1. The molecule has 0 saturated carbocycles. The highest BCUT2D eigenvalue weighted by Crippen LogP contribution is 2.59. The van der Waals surface area contributed by atoms with Gasteiger partial charge in [0.15, 0.2) is 0 Å². The molecule has 0 heterocycles. The van der Waals surface area contributed by atoms with Crippen molar-refractivity contribution in [1.82, 2.24) is 0 Å². The highest BCUT2D eigenvalue weighted by molar-refractivity contribution is 7.80. The standard InChI is InChI=1S/C54H41P/c1-53(2)44-29-17-15-27-41(44)49-46(53)32-31-38-43(33-47-50(51(38)49)42-28-16-18-30-45(42)54(47,3)4)48-36-23-11-13-25-39(36)52(40-26-14-12-24-37(40)48)55(34-19-7-5-8-20-34)35-21-9-6-10-22-35/h5-33H,1-4H3. The molecule has 0 aliphatic heterocycles. The Hall–Kier alpha value is -5.81. The number of rotatable bonds is 4. The van der Waals surface area contributed by atoms with E-state index in [-0.39, 0.29) is 10.8 Å². The van der Waals surface area contributed by atoms with Gasteiger partial charge < -0.3 is 0 Å². The molecule has 0 atom stereocenters. The average molecular weight is 721 g/mol. The van der Waals surface area contributed by atoms with Gasteiger partial charge in [-0.25, -0.2) is 0 Å². The fraction of sp³-hybridized carbons (Fsp3) is 0.111. The maximum atomic E-state index is 2.58.